The lowest BCUT2D eigenvalue weighted by Crippen LogP contribution is -2.65. The predicted octanol–water partition coefficient (Wildman–Crippen LogP) is 5.71. The van der Waals surface area contributed by atoms with E-state index < -0.39 is 16.8 Å². The molecule has 0 aromatic heterocycles. The number of aliphatic carboxylic acids is 1. The minimum absolute atomic E-state index is 0.0326. The summed E-state index contributed by atoms with van der Waals surface area (Å²) in [4.78, 5) is 42.3. The van der Waals surface area contributed by atoms with Gasteiger partial charge in [0.25, 0.3) is 0 Å². The van der Waals surface area contributed by atoms with E-state index in [-0.39, 0.29) is 46.8 Å². The average Bonchev–Trinajstić information content (AvgIpc) is 3.15. The van der Waals surface area contributed by atoms with Gasteiger partial charge in [0, 0.05) is 5.41 Å². The lowest BCUT2D eigenvalue weighted by molar-refractivity contribution is -0.194. The molecular formula is C31H39NO5. The van der Waals surface area contributed by atoms with Crippen molar-refractivity contribution < 1.29 is 24.2 Å². The van der Waals surface area contributed by atoms with Crippen molar-refractivity contribution in [1.29, 1.82) is 0 Å². The van der Waals surface area contributed by atoms with Gasteiger partial charge in [-0.15, -0.1) is 0 Å². The number of benzene rings is 1. The van der Waals surface area contributed by atoms with Crippen LogP contribution in [0.1, 0.15) is 66.2 Å². The van der Waals surface area contributed by atoms with Crippen LogP contribution in [0, 0.1) is 51.8 Å². The van der Waals surface area contributed by atoms with Crippen molar-refractivity contribution in [2.45, 2.75) is 66.2 Å². The summed E-state index contributed by atoms with van der Waals surface area (Å²) >= 11 is 0. The molecule has 7 rings (SSSR count). The van der Waals surface area contributed by atoms with Crippen LogP contribution < -0.4 is 9.64 Å². The molecule has 1 aromatic carbocycles. The summed E-state index contributed by atoms with van der Waals surface area (Å²) in [5.41, 5.74) is 0.645. The number of hydrogen-bond acceptors (Lipinski definition) is 4. The number of carbonyl (C=O) groups is 3. The fourth-order valence-electron chi connectivity index (χ4n) is 9.94. The molecule has 1 N–H and O–H groups in total. The number of imide groups is 1. The first kappa shape index (κ1) is 24.7. The number of anilines is 1. The summed E-state index contributed by atoms with van der Waals surface area (Å²) < 4.78 is 5.29. The van der Waals surface area contributed by atoms with Gasteiger partial charge in [-0.25, -0.2) is 0 Å². The molecule has 4 fully saturated rings. The zero-order valence-electron chi connectivity index (χ0n) is 22.6. The van der Waals surface area contributed by atoms with Gasteiger partial charge in [0.2, 0.25) is 11.8 Å². The zero-order valence-corrected chi connectivity index (χ0v) is 22.6. The lowest BCUT2D eigenvalue weighted by atomic mass is 9.34. The van der Waals surface area contributed by atoms with Gasteiger partial charge < -0.3 is 9.84 Å². The molecule has 0 radical (unpaired) electrons. The first-order valence-electron chi connectivity index (χ1n) is 14.0. The number of fused-ring (bicyclic) bond motifs is 1. The Morgan fingerprint density at radius 2 is 1.76 bits per heavy atom. The normalized spacial score (nSPS) is 42.3. The van der Waals surface area contributed by atoms with Gasteiger partial charge in [0.1, 0.15) is 5.75 Å². The van der Waals surface area contributed by atoms with E-state index in [1.165, 1.54) is 10.5 Å². The van der Waals surface area contributed by atoms with E-state index in [0.717, 1.165) is 32.1 Å². The Balaban J connectivity index is 1.47. The van der Waals surface area contributed by atoms with Crippen LogP contribution in [0.5, 0.6) is 5.75 Å². The van der Waals surface area contributed by atoms with E-state index in [9.17, 15) is 19.5 Å². The molecule has 1 heterocycles. The summed E-state index contributed by atoms with van der Waals surface area (Å²) in [6, 6.07) is 7.20. The summed E-state index contributed by atoms with van der Waals surface area (Å²) in [7, 11) is 1.60. The van der Waals surface area contributed by atoms with Crippen molar-refractivity contribution in [1.82, 2.24) is 0 Å². The van der Waals surface area contributed by atoms with Crippen LogP contribution in [-0.2, 0) is 14.4 Å². The molecule has 6 nitrogen and oxygen atoms in total. The summed E-state index contributed by atoms with van der Waals surface area (Å²) in [5, 5.41) is 10.3. The Labute approximate surface area is 219 Å². The van der Waals surface area contributed by atoms with E-state index in [2.05, 4.69) is 26.8 Å². The molecule has 37 heavy (non-hydrogen) atoms. The SMILES string of the molecule is COc1ccc(N2C(=O)[C@H]3[C@@H](C2=O)[C@@]24C=C(C(C)C)[C@@H]3C[C@@H]2[C@@]2(C)CCC[C@@](C)(C(=O)O)[C@H]2CC4)cc1. The van der Waals surface area contributed by atoms with Gasteiger partial charge in [-0.2, -0.15) is 0 Å². The molecular weight excluding hydrogens is 466 g/mol. The fourth-order valence-corrected chi connectivity index (χ4v) is 9.94. The maximum atomic E-state index is 14.3. The molecule has 198 valence electrons. The molecule has 1 spiro atoms. The maximum Gasteiger partial charge on any atom is 0.309 e. The number of methoxy groups -OCH3 is 1. The summed E-state index contributed by atoms with van der Waals surface area (Å²) in [6.45, 7) is 8.66. The number of allylic oxidation sites excluding steroid dienone is 2. The van der Waals surface area contributed by atoms with Gasteiger partial charge >= 0.3 is 5.97 Å². The molecule has 8 atom stereocenters. The van der Waals surface area contributed by atoms with E-state index in [4.69, 9.17) is 4.74 Å². The quantitative estimate of drug-likeness (QED) is 0.419. The number of hydrogen-bond donors (Lipinski definition) is 1. The molecule has 3 saturated carbocycles. The Morgan fingerprint density at radius 3 is 2.38 bits per heavy atom. The monoisotopic (exact) mass is 505 g/mol. The number of carbonyl (C=O) groups excluding carboxylic acids is 2. The van der Waals surface area contributed by atoms with Gasteiger partial charge in [0.05, 0.1) is 30.0 Å². The Kier molecular flexibility index (Phi) is 5.30. The topological polar surface area (TPSA) is 83.9 Å². The third-order valence-electron chi connectivity index (χ3n) is 11.5. The second kappa shape index (κ2) is 7.94. The highest BCUT2D eigenvalue weighted by Crippen LogP contribution is 2.74. The fraction of sp³-hybridized carbons (Fsp3) is 0.645. The van der Waals surface area contributed by atoms with Crippen LogP contribution in [0.4, 0.5) is 5.69 Å². The van der Waals surface area contributed by atoms with Crippen LogP contribution in [-0.4, -0.2) is 30.0 Å². The number of nitrogens with zero attached hydrogens (tertiary/aromatic N) is 1. The van der Waals surface area contributed by atoms with E-state index in [1.54, 1.807) is 31.4 Å². The molecule has 1 aromatic rings. The largest absolute Gasteiger partial charge is 0.497 e. The van der Waals surface area contributed by atoms with E-state index in [1.807, 2.05) is 6.92 Å². The van der Waals surface area contributed by atoms with Gasteiger partial charge in [0.15, 0.2) is 0 Å². The number of ether oxygens (including phenoxy) is 1. The Hall–Kier alpha value is -2.63. The highest BCUT2D eigenvalue weighted by Gasteiger charge is 2.73. The summed E-state index contributed by atoms with van der Waals surface area (Å²) in [5.74, 6) is -0.213. The van der Waals surface area contributed by atoms with Gasteiger partial charge in [-0.05, 0) is 92.4 Å². The minimum atomic E-state index is -0.736. The first-order chi connectivity index (χ1) is 17.5. The average molecular weight is 506 g/mol. The van der Waals surface area contributed by atoms with Crippen molar-refractivity contribution in [3.63, 3.8) is 0 Å². The third-order valence-corrected chi connectivity index (χ3v) is 11.5. The molecule has 5 aliphatic carbocycles. The molecule has 0 unspecified atom stereocenters. The first-order valence-corrected chi connectivity index (χ1v) is 14.0. The molecule has 1 aliphatic heterocycles. The number of carboxylic acid groups (broad SMARTS) is 1. The Morgan fingerprint density at radius 1 is 1.05 bits per heavy atom. The van der Waals surface area contributed by atoms with Crippen LogP contribution in [0.25, 0.3) is 0 Å². The van der Waals surface area contributed by atoms with Crippen molar-refractivity contribution in [3.8, 4) is 5.75 Å². The van der Waals surface area contributed by atoms with E-state index >= 15 is 0 Å². The number of rotatable bonds is 4. The second-order valence-electron chi connectivity index (χ2n) is 13.2. The van der Waals surface area contributed by atoms with E-state index in [0.29, 0.717) is 23.8 Å². The molecule has 1 saturated heterocycles. The molecule has 6 heteroatoms. The van der Waals surface area contributed by atoms with Crippen molar-refractivity contribution in [2.75, 3.05) is 12.0 Å². The lowest BCUT2D eigenvalue weighted by Gasteiger charge is -2.68. The standard InChI is InChI=1S/C31H39NO5/c1-17(2)21-16-31-14-11-22-29(3,12-6-13-30(22,4)28(35)36)23(31)15-20(21)24-25(31)27(34)32(26(24)33)18-7-9-19(37-5)10-8-18/h7-10,16-17,20,22-25H,6,11-15H2,1-5H3,(H,35,36)/t20-,22-,23+,24+,25-,29-,30+,31-/m0/s1. The number of amides is 2. The van der Waals surface area contributed by atoms with Gasteiger partial charge in [-0.3, -0.25) is 19.3 Å². The van der Waals surface area contributed by atoms with Crippen molar-refractivity contribution in [2.24, 2.45) is 51.8 Å². The molecule has 6 aliphatic rings. The highest BCUT2D eigenvalue weighted by molar-refractivity contribution is 6.23. The predicted molar refractivity (Wildman–Crippen MR) is 140 cm³/mol. The maximum absolute atomic E-state index is 14.3. The smallest absolute Gasteiger partial charge is 0.309 e. The highest BCUT2D eigenvalue weighted by atomic mass is 16.5. The van der Waals surface area contributed by atoms with Crippen LogP contribution in [0.15, 0.2) is 35.9 Å². The summed E-state index contributed by atoms with van der Waals surface area (Å²) in [6.07, 6.45) is 7.47. The van der Waals surface area contributed by atoms with Crippen LogP contribution >= 0.6 is 0 Å². The molecule has 2 bridgehead atoms. The second-order valence-corrected chi connectivity index (χ2v) is 13.2. The minimum Gasteiger partial charge on any atom is -0.497 e. The van der Waals surface area contributed by atoms with Crippen molar-refractivity contribution in [3.05, 3.63) is 35.9 Å². The zero-order chi connectivity index (χ0) is 26.5. The van der Waals surface area contributed by atoms with Crippen molar-refractivity contribution >= 4 is 23.5 Å². The number of carboxylic acids is 1. The third kappa shape index (κ3) is 3.01. The molecule has 2 amide bonds. The van der Waals surface area contributed by atoms with Gasteiger partial charge in [-0.1, -0.05) is 38.8 Å². The Bertz CT molecular complexity index is 1200. The van der Waals surface area contributed by atoms with Crippen LogP contribution in [0.3, 0.4) is 0 Å². The van der Waals surface area contributed by atoms with Crippen LogP contribution in [0.2, 0.25) is 0 Å².